The lowest BCUT2D eigenvalue weighted by Gasteiger charge is -2.02. The normalized spacial score (nSPS) is 10.2. The average Bonchev–Trinajstić information content (AvgIpc) is 2.62. The highest BCUT2D eigenvalue weighted by Gasteiger charge is 1.92. The fourth-order valence-corrected chi connectivity index (χ4v) is 1.64. The minimum absolute atomic E-state index is 0.962. The Kier molecular flexibility index (Phi) is 2.68. The van der Waals surface area contributed by atoms with Crippen LogP contribution in [0.15, 0.2) is 48.8 Å². The van der Waals surface area contributed by atoms with Crippen LogP contribution in [0.4, 0.5) is 0 Å². The molecule has 0 bridgehead atoms. The number of hydrogen-bond acceptors (Lipinski definition) is 0. The maximum absolute atomic E-state index is 2.32. The molecule has 0 saturated carbocycles. The molecule has 0 saturated heterocycles. The lowest BCUT2D eigenvalue weighted by atomic mass is 10.2. The monoisotopic (exact) mass is 283 g/mol. The number of hydrogen-bond donors (Lipinski definition) is 0. The van der Waals surface area contributed by atoms with Crippen molar-refractivity contribution in [3.63, 3.8) is 0 Å². The van der Waals surface area contributed by atoms with Crippen molar-refractivity contribution in [1.29, 1.82) is 0 Å². The van der Waals surface area contributed by atoms with Crippen LogP contribution in [0, 0.1) is 3.57 Å². The van der Waals surface area contributed by atoms with E-state index < -0.39 is 0 Å². The molecule has 13 heavy (non-hydrogen) atoms. The van der Waals surface area contributed by atoms with Gasteiger partial charge in [-0.15, -0.1) is 0 Å². The first kappa shape index (κ1) is 8.81. The van der Waals surface area contributed by atoms with Crippen LogP contribution in [0.5, 0.6) is 0 Å². The molecule has 0 N–H and O–H groups in total. The minimum Gasteiger partial charge on any atom is -0.350 e. The second-order valence-corrected chi connectivity index (χ2v) is 4.23. The molecule has 1 heterocycles. The number of rotatable bonds is 2. The van der Waals surface area contributed by atoms with Crippen molar-refractivity contribution < 1.29 is 0 Å². The summed E-state index contributed by atoms with van der Waals surface area (Å²) >= 11 is 2.32. The highest BCUT2D eigenvalue weighted by Crippen LogP contribution is 2.08. The second-order valence-electron chi connectivity index (χ2n) is 2.98. The van der Waals surface area contributed by atoms with E-state index in [9.17, 15) is 0 Å². The summed E-state index contributed by atoms with van der Waals surface area (Å²) in [5, 5.41) is 0. The smallest absolute Gasteiger partial charge is 0.0470 e. The molecule has 1 nitrogen and oxygen atoms in total. The summed E-state index contributed by atoms with van der Waals surface area (Å²) in [6.07, 6.45) is 4.16. The Balaban J connectivity index is 2.15. The molecule has 0 aliphatic rings. The lowest BCUT2D eigenvalue weighted by molar-refractivity contribution is 0.806. The van der Waals surface area contributed by atoms with Crippen LogP contribution in [0.1, 0.15) is 5.56 Å². The van der Waals surface area contributed by atoms with E-state index in [1.165, 1.54) is 9.13 Å². The lowest BCUT2D eigenvalue weighted by Crippen LogP contribution is -1.95. The van der Waals surface area contributed by atoms with E-state index in [2.05, 4.69) is 63.8 Å². The van der Waals surface area contributed by atoms with Crippen molar-refractivity contribution >= 4 is 22.6 Å². The van der Waals surface area contributed by atoms with Gasteiger partial charge in [-0.2, -0.15) is 0 Å². The molecule has 0 spiro atoms. The Morgan fingerprint density at radius 2 is 1.62 bits per heavy atom. The molecular formula is C11H10IN. The van der Waals surface area contributed by atoms with Gasteiger partial charge in [-0.3, -0.25) is 0 Å². The Morgan fingerprint density at radius 3 is 2.23 bits per heavy atom. The third-order valence-electron chi connectivity index (χ3n) is 1.94. The SMILES string of the molecule is Ic1ccc(Cn2cccc2)cc1. The zero-order valence-corrected chi connectivity index (χ0v) is 9.31. The Bertz CT molecular complexity index is 361. The predicted molar refractivity (Wildman–Crippen MR) is 62.7 cm³/mol. The molecule has 0 atom stereocenters. The van der Waals surface area contributed by atoms with Crippen LogP contribution >= 0.6 is 22.6 Å². The number of benzene rings is 1. The van der Waals surface area contributed by atoms with Crippen molar-refractivity contribution in [3.8, 4) is 0 Å². The zero-order valence-electron chi connectivity index (χ0n) is 7.15. The summed E-state index contributed by atoms with van der Waals surface area (Å²) in [5.41, 5.74) is 1.34. The van der Waals surface area contributed by atoms with Gasteiger partial charge in [0.1, 0.15) is 0 Å². The Labute approximate surface area is 91.5 Å². The predicted octanol–water partition coefficient (Wildman–Crippen LogP) is 3.14. The van der Waals surface area contributed by atoms with E-state index in [1.807, 2.05) is 12.1 Å². The van der Waals surface area contributed by atoms with Crippen molar-refractivity contribution in [2.24, 2.45) is 0 Å². The summed E-state index contributed by atoms with van der Waals surface area (Å²) in [4.78, 5) is 0. The highest BCUT2D eigenvalue weighted by molar-refractivity contribution is 14.1. The minimum atomic E-state index is 0.962. The first-order valence-corrected chi connectivity index (χ1v) is 5.28. The fourth-order valence-electron chi connectivity index (χ4n) is 1.28. The molecule has 0 unspecified atom stereocenters. The summed E-state index contributed by atoms with van der Waals surface area (Å²) < 4.78 is 3.45. The van der Waals surface area contributed by atoms with Gasteiger partial charge in [0.05, 0.1) is 0 Å². The van der Waals surface area contributed by atoms with Crippen molar-refractivity contribution in [1.82, 2.24) is 4.57 Å². The first-order valence-electron chi connectivity index (χ1n) is 4.20. The van der Waals surface area contributed by atoms with E-state index in [0.717, 1.165) is 6.54 Å². The van der Waals surface area contributed by atoms with E-state index in [0.29, 0.717) is 0 Å². The topological polar surface area (TPSA) is 4.93 Å². The zero-order chi connectivity index (χ0) is 9.10. The Morgan fingerprint density at radius 1 is 1.00 bits per heavy atom. The average molecular weight is 283 g/mol. The van der Waals surface area contributed by atoms with Gasteiger partial charge < -0.3 is 4.57 Å². The molecule has 2 rings (SSSR count). The van der Waals surface area contributed by atoms with E-state index in [4.69, 9.17) is 0 Å². The highest BCUT2D eigenvalue weighted by atomic mass is 127. The van der Waals surface area contributed by atoms with Crippen molar-refractivity contribution in [3.05, 3.63) is 57.9 Å². The van der Waals surface area contributed by atoms with E-state index in [1.54, 1.807) is 0 Å². The van der Waals surface area contributed by atoms with Crippen molar-refractivity contribution in [2.75, 3.05) is 0 Å². The number of aromatic nitrogens is 1. The molecule has 0 amide bonds. The maximum atomic E-state index is 2.32. The van der Waals surface area contributed by atoms with Crippen LogP contribution in [-0.2, 0) is 6.54 Å². The third-order valence-corrected chi connectivity index (χ3v) is 2.66. The van der Waals surface area contributed by atoms with Gasteiger partial charge in [0.25, 0.3) is 0 Å². The van der Waals surface area contributed by atoms with Crippen molar-refractivity contribution in [2.45, 2.75) is 6.54 Å². The first-order chi connectivity index (χ1) is 6.34. The van der Waals surface area contributed by atoms with Crippen LogP contribution < -0.4 is 0 Å². The molecule has 1 aromatic carbocycles. The molecular weight excluding hydrogens is 273 g/mol. The second kappa shape index (κ2) is 3.96. The third kappa shape index (κ3) is 2.34. The number of nitrogens with zero attached hydrogens (tertiary/aromatic N) is 1. The maximum Gasteiger partial charge on any atom is 0.0470 e. The van der Waals surface area contributed by atoms with Crippen LogP contribution in [-0.4, -0.2) is 4.57 Å². The van der Waals surface area contributed by atoms with Crippen LogP contribution in [0.3, 0.4) is 0 Å². The summed E-state index contributed by atoms with van der Waals surface area (Å²) in [6.45, 7) is 0.962. The van der Waals surface area contributed by atoms with Gasteiger partial charge >= 0.3 is 0 Å². The van der Waals surface area contributed by atoms with Gasteiger partial charge in [-0.05, 0) is 52.4 Å². The molecule has 1 aromatic heterocycles. The van der Waals surface area contributed by atoms with Gasteiger partial charge in [0, 0.05) is 22.5 Å². The summed E-state index contributed by atoms with van der Waals surface area (Å²) in [5.74, 6) is 0. The van der Waals surface area contributed by atoms with Gasteiger partial charge in [-0.25, -0.2) is 0 Å². The molecule has 0 aliphatic heterocycles. The molecule has 2 heteroatoms. The van der Waals surface area contributed by atoms with Crippen LogP contribution in [0.2, 0.25) is 0 Å². The largest absolute Gasteiger partial charge is 0.350 e. The van der Waals surface area contributed by atoms with Gasteiger partial charge in [0.15, 0.2) is 0 Å². The molecule has 66 valence electrons. The standard InChI is InChI=1S/C11H10IN/c12-11-5-3-10(4-6-11)9-13-7-1-2-8-13/h1-8H,9H2. The summed E-state index contributed by atoms with van der Waals surface area (Å²) in [7, 11) is 0. The van der Waals surface area contributed by atoms with Gasteiger partial charge in [-0.1, -0.05) is 12.1 Å². The fraction of sp³-hybridized carbons (Fsp3) is 0.0909. The molecule has 2 aromatic rings. The summed E-state index contributed by atoms with van der Waals surface area (Å²) in [6, 6.07) is 12.7. The van der Waals surface area contributed by atoms with Crippen LogP contribution in [0.25, 0.3) is 0 Å². The molecule has 0 aliphatic carbocycles. The number of halogens is 1. The van der Waals surface area contributed by atoms with Gasteiger partial charge in [0.2, 0.25) is 0 Å². The quantitative estimate of drug-likeness (QED) is 0.746. The Hall–Kier alpha value is -0.770. The molecule has 0 fully saturated rings. The van der Waals surface area contributed by atoms with E-state index in [-0.39, 0.29) is 0 Å². The molecule has 0 radical (unpaired) electrons. The van der Waals surface area contributed by atoms with E-state index >= 15 is 0 Å².